The van der Waals surface area contributed by atoms with E-state index in [1.165, 1.54) is 12.1 Å². The van der Waals surface area contributed by atoms with Gasteiger partial charge < -0.3 is 20.9 Å². The van der Waals surface area contributed by atoms with Gasteiger partial charge in [-0.05, 0) is 43.7 Å². The van der Waals surface area contributed by atoms with E-state index in [4.69, 9.17) is 4.98 Å². The number of fused-ring (bicyclic) bond motifs is 3. The smallest absolute Gasteiger partial charge is 0.268 e. The Kier molecular flexibility index (Phi) is 5.58. The zero-order chi connectivity index (χ0) is 25.7. The number of hydrogen-bond donors (Lipinski definition) is 4. The lowest BCUT2D eigenvalue weighted by Gasteiger charge is -2.23. The summed E-state index contributed by atoms with van der Waals surface area (Å²) in [6.45, 7) is 2.44. The number of carbonyl (C=O) groups is 1. The van der Waals surface area contributed by atoms with E-state index < -0.39 is 17.8 Å². The number of rotatable bonds is 3. The fourth-order valence-corrected chi connectivity index (χ4v) is 5.03. The Balaban J connectivity index is 1.64. The monoisotopic (exact) mass is 504 g/mol. The molecule has 2 aliphatic heterocycles. The van der Waals surface area contributed by atoms with Gasteiger partial charge in [0.15, 0.2) is 0 Å². The number of anilines is 3. The number of hydrogen-bond acceptors (Lipinski definition) is 5. The SMILES string of the molecule is C[C@H]1/C=C\CC2CNC(=O)c3c2[nH]c(c3Nc2cccc(F)c2C(F)F)-c2ccnc3ccc(nc23)N1. The highest BCUT2D eigenvalue weighted by atomic mass is 19.3. The molecular formula is C27H23F3N6O. The van der Waals surface area contributed by atoms with E-state index >= 15 is 0 Å². The van der Waals surface area contributed by atoms with E-state index in [0.29, 0.717) is 52.3 Å². The number of alkyl halides is 2. The maximum Gasteiger partial charge on any atom is 0.268 e. The van der Waals surface area contributed by atoms with Gasteiger partial charge in [-0.15, -0.1) is 0 Å². The maximum absolute atomic E-state index is 14.4. The number of aromatic amines is 1. The number of aromatic nitrogens is 3. The molecule has 0 aliphatic carbocycles. The molecular weight excluding hydrogens is 481 g/mol. The van der Waals surface area contributed by atoms with E-state index in [-0.39, 0.29) is 29.2 Å². The summed E-state index contributed by atoms with van der Waals surface area (Å²) in [6, 6.07) is 9.18. The van der Waals surface area contributed by atoms with Crippen LogP contribution in [0.5, 0.6) is 0 Å². The molecule has 2 atom stereocenters. The van der Waals surface area contributed by atoms with Gasteiger partial charge in [0.2, 0.25) is 0 Å². The highest BCUT2D eigenvalue weighted by Gasteiger charge is 2.33. The van der Waals surface area contributed by atoms with E-state index in [2.05, 4.69) is 25.9 Å². The lowest BCUT2D eigenvalue weighted by atomic mass is 9.93. The zero-order valence-corrected chi connectivity index (χ0v) is 19.8. The molecule has 4 N–H and O–H groups in total. The third-order valence-corrected chi connectivity index (χ3v) is 6.78. The first kappa shape index (κ1) is 23.1. The quantitative estimate of drug-likeness (QED) is 0.256. The molecule has 7 nitrogen and oxygen atoms in total. The van der Waals surface area contributed by atoms with Crippen LogP contribution in [0.4, 0.5) is 30.4 Å². The fraction of sp³-hybridized carbons (Fsp3) is 0.222. The molecule has 3 aromatic heterocycles. The summed E-state index contributed by atoms with van der Waals surface area (Å²) in [5.41, 5.74) is 2.72. The lowest BCUT2D eigenvalue weighted by molar-refractivity contribution is 0.0941. The highest BCUT2D eigenvalue weighted by molar-refractivity contribution is 6.08. The van der Waals surface area contributed by atoms with Gasteiger partial charge in [0, 0.05) is 36.0 Å². The summed E-state index contributed by atoms with van der Waals surface area (Å²) in [5.74, 6) is -0.807. The summed E-state index contributed by atoms with van der Waals surface area (Å²) in [5, 5.41) is 9.26. The second-order valence-corrected chi connectivity index (χ2v) is 9.22. The number of nitrogens with one attached hydrogen (secondary N) is 4. The van der Waals surface area contributed by atoms with Gasteiger partial charge in [-0.2, -0.15) is 0 Å². The van der Waals surface area contributed by atoms with Crippen molar-refractivity contribution in [3.05, 3.63) is 77.4 Å². The van der Waals surface area contributed by atoms with Gasteiger partial charge in [0.1, 0.15) is 17.2 Å². The van der Waals surface area contributed by atoms with Crippen molar-refractivity contribution in [1.82, 2.24) is 20.3 Å². The Bertz CT molecular complexity index is 1560. The Hall–Kier alpha value is -4.34. The molecule has 0 radical (unpaired) electrons. The second kappa shape index (κ2) is 8.95. The minimum Gasteiger partial charge on any atom is -0.364 e. The molecule has 5 heterocycles. The van der Waals surface area contributed by atoms with Crippen LogP contribution >= 0.6 is 0 Å². The highest BCUT2D eigenvalue weighted by Crippen LogP contribution is 2.43. The summed E-state index contributed by atoms with van der Waals surface area (Å²) >= 11 is 0. The van der Waals surface area contributed by atoms with Crippen LogP contribution in [0.1, 0.15) is 47.3 Å². The third-order valence-electron chi connectivity index (χ3n) is 6.78. The first-order valence-corrected chi connectivity index (χ1v) is 12.0. The molecule has 6 rings (SSSR count). The minimum atomic E-state index is -3.05. The predicted octanol–water partition coefficient (Wildman–Crippen LogP) is 6.03. The first-order chi connectivity index (χ1) is 17.9. The number of carbonyl (C=O) groups excluding carboxylic acids is 1. The molecule has 1 unspecified atom stereocenters. The van der Waals surface area contributed by atoms with Gasteiger partial charge in [-0.1, -0.05) is 18.2 Å². The van der Waals surface area contributed by atoms with Crippen molar-refractivity contribution in [3.8, 4) is 11.3 Å². The van der Waals surface area contributed by atoms with Gasteiger partial charge >= 0.3 is 0 Å². The van der Waals surface area contributed by atoms with Gasteiger partial charge in [-0.3, -0.25) is 9.78 Å². The molecule has 0 saturated carbocycles. The average Bonchev–Trinajstić information content (AvgIpc) is 3.24. The van der Waals surface area contributed by atoms with Gasteiger partial charge in [-0.25, -0.2) is 18.2 Å². The largest absolute Gasteiger partial charge is 0.364 e. The molecule has 4 bridgehead atoms. The third kappa shape index (κ3) is 3.98. The van der Waals surface area contributed by atoms with Crippen LogP contribution in [0.15, 0.2) is 54.7 Å². The van der Waals surface area contributed by atoms with E-state index in [9.17, 15) is 18.0 Å². The molecule has 1 amide bonds. The van der Waals surface area contributed by atoms with Gasteiger partial charge in [0.25, 0.3) is 12.3 Å². The predicted molar refractivity (Wildman–Crippen MR) is 136 cm³/mol. The molecule has 0 saturated heterocycles. The number of benzene rings is 1. The summed E-state index contributed by atoms with van der Waals surface area (Å²) < 4.78 is 42.1. The maximum atomic E-state index is 14.4. The standard InChI is InChI=1S/C27H23F3N6O/c1-13-4-2-5-14-12-32-27(37)21-22(14)36-24(15-10-11-31-18-8-9-19(33-13)35-23(15)18)25(21)34-17-7-3-6-16(28)20(17)26(29)30/h2-4,6-11,13-14,26,34,36H,5,12H2,1H3,(H,32,37)(H,33,35)/b4-2-/t13-,14?/m0/s1. The van der Waals surface area contributed by atoms with Crippen molar-refractivity contribution in [2.75, 3.05) is 17.2 Å². The van der Waals surface area contributed by atoms with Crippen molar-refractivity contribution in [2.45, 2.75) is 31.7 Å². The normalized spacial score (nSPS) is 19.5. The van der Waals surface area contributed by atoms with Crippen molar-refractivity contribution in [2.24, 2.45) is 0 Å². The number of nitrogens with zero attached hydrogens (tertiary/aromatic N) is 2. The van der Waals surface area contributed by atoms with Crippen LogP contribution in [-0.2, 0) is 0 Å². The van der Waals surface area contributed by atoms with Crippen molar-refractivity contribution in [1.29, 1.82) is 0 Å². The lowest BCUT2D eigenvalue weighted by Crippen LogP contribution is -2.35. The summed E-state index contributed by atoms with van der Waals surface area (Å²) in [4.78, 5) is 25.8. The van der Waals surface area contributed by atoms with E-state index in [1.807, 2.05) is 31.2 Å². The molecule has 1 aromatic carbocycles. The minimum absolute atomic E-state index is 0.0137. The molecule has 188 valence electrons. The van der Waals surface area contributed by atoms with E-state index in [1.54, 1.807) is 12.3 Å². The fourth-order valence-electron chi connectivity index (χ4n) is 5.03. The van der Waals surface area contributed by atoms with Gasteiger partial charge in [0.05, 0.1) is 33.7 Å². The Morgan fingerprint density at radius 3 is 2.86 bits per heavy atom. The van der Waals surface area contributed by atoms with Crippen molar-refractivity contribution < 1.29 is 18.0 Å². The molecule has 0 spiro atoms. The Labute approximate surface area is 210 Å². The molecule has 0 fully saturated rings. The molecule has 10 heteroatoms. The van der Waals surface area contributed by atoms with E-state index in [0.717, 1.165) is 6.07 Å². The van der Waals surface area contributed by atoms with Crippen LogP contribution in [-0.4, -0.2) is 33.4 Å². The van der Waals surface area contributed by atoms with Crippen LogP contribution in [0.25, 0.3) is 22.3 Å². The first-order valence-electron chi connectivity index (χ1n) is 12.0. The van der Waals surface area contributed by atoms with Crippen LogP contribution in [0.2, 0.25) is 0 Å². The number of halogens is 3. The van der Waals surface area contributed by atoms with Crippen LogP contribution in [0, 0.1) is 5.82 Å². The molecule has 37 heavy (non-hydrogen) atoms. The van der Waals surface area contributed by atoms with Crippen LogP contribution < -0.4 is 16.0 Å². The summed E-state index contributed by atoms with van der Waals surface area (Å²) in [7, 11) is 0. The number of amides is 1. The molecule has 4 aromatic rings. The zero-order valence-electron chi connectivity index (χ0n) is 19.8. The van der Waals surface area contributed by atoms with Crippen molar-refractivity contribution >= 4 is 34.1 Å². The summed E-state index contributed by atoms with van der Waals surface area (Å²) in [6.07, 6.45) is 3.30. The Morgan fingerprint density at radius 2 is 2.03 bits per heavy atom. The molecule has 2 aliphatic rings. The van der Waals surface area contributed by atoms with Crippen LogP contribution in [0.3, 0.4) is 0 Å². The number of allylic oxidation sites excluding steroid dienone is 1. The average molecular weight is 505 g/mol. The second-order valence-electron chi connectivity index (χ2n) is 9.22. The number of H-pyrrole nitrogens is 1. The number of pyridine rings is 2. The Morgan fingerprint density at radius 1 is 1.16 bits per heavy atom. The topological polar surface area (TPSA) is 94.7 Å². The van der Waals surface area contributed by atoms with Crippen molar-refractivity contribution in [3.63, 3.8) is 0 Å².